The summed E-state index contributed by atoms with van der Waals surface area (Å²) in [6.07, 6.45) is 4.29. The first-order chi connectivity index (χ1) is 11.1. The summed E-state index contributed by atoms with van der Waals surface area (Å²) in [4.78, 5) is 25.1. The Balaban J connectivity index is 1.68. The normalized spacial score (nSPS) is 13.5. The number of rotatable bonds is 4. The number of methoxy groups -OCH3 is 1. The second-order valence-electron chi connectivity index (χ2n) is 5.51. The number of fused-ring (bicyclic) bond motifs is 1. The largest absolute Gasteiger partial charge is 0.465 e. The molecule has 0 radical (unpaired) electrons. The molecule has 0 amide bonds. The number of carbonyl (C=O) groups excluding carboxylic acids is 2. The van der Waals surface area contributed by atoms with Crippen molar-refractivity contribution in [1.29, 1.82) is 0 Å². The molecule has 122 valence electrons. The third-order valence-electron chi connectivity index (χ3n) is 4.00. The zero-order valence-electron chi connectivity index (χ0n) is 13.1. The summed E-state index contributed by atoms with van der Waals surface area (Å²) < 4.78 is 15.5. The molecular formula is C17H18O5S. The summed E-state index contributed by atoms with van der Waals surface area (Å²) in [6.45, 7) is 1.67. The highest BCUT2D eigenvalue weighted by Gasteiger charge is 2.22. The van der Waals surface area contributed by atoms with Crippen molar-refractivity contribution in [1.82, 2.24) is 0 Å². The maximum Gasteiger partial charge on any atom is 0.341 e. The maximum absolute atomic E-state index is 12.3. The smallest absolute Gasteiger partial charge is 0.341 e. The lowest BCUT2D eigenvalue weighted by atomic mass is 9.96. The quantitative estimate of drug-likeness (QED) is 0.798. The van der Waals surface area contributed by atoms with E-state index in [2.05, 4.69) is 4.74 Å². The third kappa shape index (κ3) is 3.17. The molecule has 0 fully saturated rings. The van der Waals surface area contributed by atoms with Crippen LogP contribution in [0.3, 0.4) is 0 Å². The van der Waals surface area contributed by atoms with Crippen LogP contribution < -0.4 is 0 Å². The molecule has 2 aromatic heterocycles. The number of hydrogen-bond donors (Lipinski definition) is 0. The van der Waals surface area contributed by atoms with Crippen molar-refractivity contribution < 1.29 is 23.5 Å². The van der Waals surface area contributed by atoms with Gasteiger partial charge in [-0.25, -0.2) is 9.59 Å². The average Bonchev–Trinajstić information content (AvgIpc) is 3.15. The molecule has 1 aliphatic rings. The number of hydrogen-bond acceptors (Lipinski definition) is 6. The second kappa shape index (κ2) is 6.58. The zero-order chi connectivity index (χ0) is 16.4. The highest BCUT2D eigenvalue weighted by Crippen LogP contribution is 2.30. The van der Waals surface area contributed by atoms with Crippen molar-refractivity contribution in [3.8, 4) is 0 Å². The first kappa shape index (κ1) is 15.8. The fraction of sp³-hybridized carbons (Fsp3) is 0.412. The molecular weight excluding hydrogens is 316 g/mol. The number of esters is 2. The van der Waals surface area contributed by atoms with Gasteiger partial charge in [0.05, 0.1) is 12.7 Å². The monoisotopic (exact) mass is 334 g/mol. The fourth-order valence-corrected chi connectivity index (χ4v) is 3.92. The molecule has 0 N–H and O–H groups in total. The minimum Gasteiger partial charge on any atom is -0.465 e. The summed E-state index contributed by atoms with van der Waals surface area (Å²) in [5, 5.41) is 1.88. The molecule has 0 spiro atoms. The Labute approximate surface area is 138 Å². The van der Waals surface area contributed by atoms with Crippen LogP contribution in [0, 0.1) is 6.92 Å². The first-order valence-corrected chi connectivity index (χ1v) is 8.42. The van der Waals surface area contributed by atoms with Gasteiger partial charge in [-0.05, 0) is 44.2 Å². The fourth-order valence-electron chi connectivity index (χ4n) is 2.81. The number of carbonyl (C=O) groups is 2. The van der Waals surface area contributed by atoms with Crippen LogP contribution in [-0.2, 0) is 28.9 Å². The molecule has 0 saturated heterocycles. The predicted molar refractivity (Wildman–Crippen MR) is 84.9 cm³/mol. The second-order valence-corrected chi connectivity index (χ2v) is 6.47. The van der Waals surface area contributed by atoms with Gasteiger partial charge in [-0.1, -0.05) is 0 Å². The van der Waals surface area contributed by atoms with Crippen LogP contribution in [0.2, 0.25) is 0 Å². The first-order valence-electron chi connectivity index (χ1n) is 7.54. The number of ether oxygens (including phenoxy) is 2. The van der Waals surface area contributed by atoms with Crippen LogP contribution >= 0.6 is 11.3 Å². The molecule has 0 unspecified atom stereocenters. The Kier molecular flexibility index (Phi) is 4.52. The summed E-state index contributed by atoms with van der Waals surface area (Å²) in [6, 6.07) is 1.55. The van der Waals surface area contributed by atoms with Crippen molar-refractivity contribution in [2.45, 2.75) is 39.2 Å². The molecule has 5 nitrogen and oxygen atoms in total. The van der Waals surface area contributed by atoms with Crippen LogP contribution in [0.4, 0.5) is 0 Å². The molecule has 6 heteroatoms. The van der Waals surface area contributed by atoms with Crippen LogP contribution in [0.5, 0.6) is 0 Å². The van der Waals surface area contributed by atoms with Gasteiger partial charge in [0.2, 0.25) is 0 Å². The lowest BCUT2D eigenvalue weighted by Gasteiger charge is -2.12. The van der Waals surface area contributed by atoms with Gasteiger partial charge >= 0.3 is 11.9 Å². The summed E-state index contributed by atoms with van der Waals surface area (Å²) >= 11 is 1.63. The van der Waals surface area contributed by atoms with Gasteiger partial charge in [0.25, 0.3) is 0 Å². The van der Waals surface area contributed by atoms with Crippen molar-refractivity contribution in [2.24, 2.45) is 0 Å². The molecule has 0 atom stereocenters. The summed E-state index contributed by atoms with van der Waals surface area (Å²) in [5.41, 5.74) is 2.16. The van der Waals surface area contributed by atoms with Crippen molar-refractivity contribution in [3.63, 3.8) is 0 Å². The van der Waals surface area contributed by atoms with Gasteiger partial charge in [-0.3, -0.25) is 0 Å². The third-order valence-corrected chi connectivity index (χ3v) is 5.09. The Bertz CT molecular complexity index is 740. The molecule has 1 aliphatic carbocycles. The number of aryl methyl sites for hydroxylation is 2. The van der Waals surface area contributed by atoms with E-state index in [9.17, 15) is 9.59 Å². The van der Waals surface area contributed by atoms with Crippen LogP contribution in [0.25, 0.3) is 0 Å². The molecule has 0 aliphatic heterocycles. The van der Waals surface area contributed by atoms with Gasteiger partial charge in [-0.2, -0.15) is 0 Å². The predicted octanol–water partition coefficient (Wildman–Crippen LogP) is 3.67. The van der Waals surface area contributed by atoms with E-state index in [1.807, 2.05) is 5.38 Å². The lowest BCUT2D eigenvalue weighted by molar-refractivity contribution is 0.0443. The summed E-state index contributed by atoms with van der Waals surface area (Å²) in [7, 11) is 1.31. The number of furan rings is 1. The molecule has 3 rings (SSSR count). The van der Waals surface area contributed by atoms with E-state index in [0.29, 0.717) is 22.6 Å². The van der Waals surface area contributed by atoms with E-state index in [1.165, 1.54) is 18.4 Å². The van der Waals surface area contributed by atoms with Crippen LogP contribution in [-0.4, -0.2) is 19.0 Å². The Morgan fingerprint density at radius 3 is 2.78 bits per heavy atom. The SMILES string of the molecule is COC(=O)c1cc(COC(=O)c2csc3c2CCCC3)oc1C. The van der Waals surface area contributed by atoms with Crippen LogP contribution in [0.1, 0.15) is 55.5 Å². The Morgan fingerprint density at radius 2 is 2.00 bits per heavy atom. The van der Waals surface area contributed by atoms with Gasteiger partial charge < -0.3 is 13.9 Å². The van der Waals surface area contributed by atoms with E-state index in [-0.39, 0.29) is 12.6 Å². The highest BCUT2D eigenvalue weighted by atomic mass is 32.1. The van der Waals surface area contributed by atoms with Crippen molar-refractivity contribution in [3.05, 3.63) is 44.5 Å². The molecule has 0 bridgehead atoms. The van der Waals surface area contributed by atoms with Crippen LogP contribution in [0.15, 0.2) is 15.9 Å². The standard InChI is InChI=1S/C17H18O5S/c1-10-13(16(18)20-2)7-11(22-10)8-21-17(19)14-9-23-15-6-4-3-5-12(14)15/h7,9H,3-6,8H2,1-2H3. The minimum atomic E-state index is -0.462. The summed E-state index contributed by atoms with van der Waals surface area (Å²) in [5.74, 6) is 0.0879. The van der Waals surface area contributed by atoms with E-state index >= 15 is 0 Å². The average molecular weight is 334 g/mol. The van der Waals surface area contributed by atoms with Gasteiger partial charge in [0.1, 0.15) is 23.7 Å². The van der Waals surface area contributed by atoms with E-state index in [4.69, 9.17) is 9.15 Å². The van der Waals surface area contributed by atoms with Gasteiger partial charge in [0, 0.05) is 10.3 Å². The van der Waals surface area contributed by atoms with Crippen molar-refractivity contribution in [2.75, 3.05) is 7.11 Å². The van der Waals surface area contributed by atoms with E-state index in [0.717, 1.165) is 24.8 Å². The number of thiophene rings is 1. The lowest BCUT2D eigenvalue weighted by Crippen LogP contribution is -2.09. The minimum absolute atomic E-state index is 0.00128. The van der Waals surface area contributed by atoms with Crippen molar-refractivity contribution >= 4 is 23.3 Å². The molecule has 0 saturated carbocycles. The van der Waals surface area contributed by atoms with E-state index < -0.39 is 5.97 Å². The van der Waals surface area contributed by atoms with E-state index in [1.54, 1.807) is 24.3 Å². The topological polar surface area (TPSA) is 65.7 Å². The van der Waals surface area contributed by atoms with Gasteiger partial charge in [-0.15, -0.1) is 11.3 Å². The molecule has 2 aromatic rings. The zero-order valence-corrected chi connectivity index (χ0v) is 14.0. The molecule has 23 heavy (non-hydrogen) atoms. The Morgan fingerprint density at radius 1 is 1.22 bits per heavy atom. The highest BCUT2D eigenvalue weighted by molar-refractivity contribution is 7.10. The molecule has 0 aromatic carbocycles. The molecule has 2 heterocycles. The van der Waals surface area contributed by atoms with Gasteiger partial charge in [0.15, 0.2) is 0 Å². The Hall–Kier alpha value is -2.08. The maximum atomic E-state index is 12.3.